The van der Waals surface area contributed by atoms with Crippen LogP contribution >= 0.6 is 0 Å². The lowest BCUT2D eigenvalue weighted by atomic mass is 10.1. The molecule has 0 fully saturated rings. The largest absolute Gasteiger partial charge is 0.496 e. The van der Waals surface area contributed by atoms with Crippen molar-refractivity contribution >= 4 is 0 Å². The van der Waals surface area contributed by atoms with Crippen LogP contribution < -0.4 is 10.5 Å². The number of nitrogens with zero attached hydrogens (tertiary/aromatic N) is 3. The Balaban J connectivity index is 2.06. The average Bonchev–Trinajstić information content (AvgIpc) is 2.92. The number of rotatable bonds is 4. The predicted octanol–water partition coefficient (Wildman–Crippen LogP) is 2.57. The maximum absolute atomic E-state index is 12.0. The van der Waals surface area contributed by atoms with Crippen LogP contribution in [0.5, 0.6) is 5.75 Å². The van der Waals surface area contributed by atoms with Gasteiger partial charge in [0, 0.05) is 22.9 Å². The molecule has 0 saturated carbocycles. The molecule has 118 valence electrons. The van der Waals surface area contributed by atoms with Gasteiger partial charge in [0.15, 0.2) is 5.82 Å². The summed E-state index contributed by atoms with van der Waals surface area (Å²) in [5.74, 6) is 0.752. The van der Waals surface area contributed by atoms with Crippen LogP contribution in [-0.2, 0) is 6.54 Å². The topological polar surface area (TPSA) is 70.2 Å². The highest BCUT2D eigenvalue weighted by Gasteiger charge is 2.16. The van der Waals surface area contributed by atoms with Crippen molar-refractivity contribution in [2.45, 2.75) is 20.4 Å². The Kier molecular flexibility index (Phi) is 3.97. The van der Waals surface area contributed by atoms with E-state index in [4.69, 9.17) is 9.26 Å². The second kappa shape index (κ2) is 6.08. The Hall–Kier alpha value is -2.89. The molecule has 6 heteroatoms. The molecule has 0 aliphatic carbocycles. The van der Waals surface area contributed by atoms with Crippen LogP contribution in [0.2, 0.25) is 0 Å². The first kappa shape index (κ1) is 15.0. The normalized spacial score (nSPS) is 10.7. The lowest BCUT2D eigenvalue weighted by Crippen LogP contribution is -2.18. The summed E-state index contributed by atoms with van der Waals surface area (Å²) in [5, 5.41) is 3.89. The Morgan fingerprint density at radius 1 is 1.22 bits per heavy atom. The summed E-state index contributed by atoms with van der Waals surface area (Å²) in [6.45, 7) is 4.13. The van der Waals surface area contributed by atoms with Gasteiger partial charge in [-0.25, -0.2) is 4.79 Å². The van der Waals surface area contributed by atoms with E-state index in [0.29, 0.717) is 5.82 Å². The molecule has 0 atom stereocenters. The van der Waals surface area contributed by atoms with E-state index >= 15 is 0 Å². The fraction of sp³-hybridized carbons (Fsp3) is 0.235. The van der Waals surface area contributed by atoms with Gasteiger partial charge in [-0.1, -0.05) is 35.5 Å². The summed E-state index contributed by atoms with van der Waals surface area (Å²) in [6.07, 6.45) is 1.74. The van der Waals surface area contributed by atoms with Gasteiger partial charge < -0.3 is 4.74 Å². The Bertz CT molecular complexity index is 882. The molecular formula is C17H17N3O3. The van der Waals surface area contributed by atoms with Crippen LogP contribution in [0.25, 0.3) is 11.4 Å². The zero-order valence-corrected chi connectivity index (χ0v) is 13.2. The van der Waals surface area contributed by atoms with Crippen molar-refractivity contribution in [3.05, 3.63) is 63.9 Å². The number of hydrogen-bond donors (Lipinski definition) is 0. The molecule has 0 aliphatic heterocycles. The number of aromatic nitrogens is 3. The molecule has 2 aromatic heterocycles. The van der Waals surface area contributed by atoms with E-state index < -0.39 is 5.76 Å². The summed E-state index contributed by atoms with van der Waals surface area (Å²) >= 11 is 0. The van der Waals surface area contributed by atoms with Gasteiger partial charge in [0.1, 0.15) is 5.75 Å². The van der Waals surface area contributed by atoms with Gasteiger partial charge in [-0.05, 0) is 13.8 Å². The monoisotopic (exact) mass is 311 g/mol. The van der Waals surface area contributed by atoms with Crippen LogP contribution in [-0.4, -0.2) is 21.8 Å². The standard InChI is InChI=1S/C17H17N3O3/c1-11-9-18-14(12(2)15(11)22-3)10-20-16(19-23-17(20)21)13-7-5-4-6-8-13/h4-9H,10H2,1-3H3. The SMILES string of the molecule is COc1c(C)cnc(Cn2c(-c3ccccc3)noc2=O)c1C. The zero-order chi connectivity index (χ0) is 16.4. The average molecular weight is 311 g/mol. The van der Waals surface area contributed by atoms with E-state index in [2.05, 4.69) is 10.1 Å². The first-order valence-electron chi connectivity index (χ1n) is 7.22. The highest BCUT2D eigenvalue weighted by Crippen LogP contribution is 2.25. The fourth-order valence-corrected chi connectivity index (χ4v) is 2.58. The minimum absolute atomic E-state index is 0.273. The first-order chi connectivity index (χ1) is 11.1. The van der Waals surface area contributed by atoms with Crippen LogP contribution in [0.15, 0.2) is 45.8 Å². The molecule has 0 spiro atoms. The molecule has 1 aromatic carbocycles. The van der Waals surface area contributed by atoms with Crippen molar-refractivity contribution in [1.29, 1.82) is 0 Å². The van der Waals surface area contributed by atoms with E-state index in [1.165, 1.54) is 4.57 Å². The van der Waals surface area contributed by atoms with Gasteiger partial charge in [-0.15, -0.1) is 0 Å². The third kappa shape index (κ3) is 2.75. The predicted molar refractivity (Wildman–Crippen MR) is 85.6 cm³/mol. The van der Waals surface area contributed by atoms with E-state index in [9.17, 15) is 4.79 Å². The molecule has 0 saturated heterocycles. The number of benzene rings is 1. The second-order valence-electron chi connectivity index (χ2n) is 5.27. The summed E-state index contributed by atoms with van der Waals surface area (Å²) in [6, 6.07) is 9.44. The molecule has 3 rings (SSSR count). The van der Waals surface area contributed by atoms with Gasteiger partial charge in [0.05, 0.1) is 19.3 Å². The quantitative estimate of drug-likeness (QED) is 0.740. The number of ether oxygens (including phenoxy) is 1. The van der Waals surface area contributed by atoms with E-state index in [1.807, 2.05) is 44.2 Å². The maximum Gasteiger partial charge on any atom is 0.442 e. The molecular weight excluding hydrogens is 294 g/mol. The smallest absolute Gasteiger partial charge is 0.442 e. The molecule has 0 amide bonds. The van der Waals surface area contributed by atoms with Crippen molar-refractivity contribution in [3.8, 4) is 17.1 Å². The van der Waals surface area contributed by atoms with Crippen molar-refractivity contribution in [3.63, 3.8) is 0 Å². The molecule has 6 nitrogen and oxygen atoms in total. The van der Waals surface area contributed by atoms with Crippen molar-refractivity contribution in [1.82, 2.24) is 14.7 Å². The van der Waals surface area contributed by atoms with Gasteiger partial charge in [0.2, 0.25) is 0 Å². The molecule has 23 heavy (non-hydrogen) atoms. The van der Waals surface area contributed by atoms with Crippen molar-refractivity contribution in [2.75, 3.05) is 7.11 Å². The Morgan fingerprint density at radius 2 is 1.96 bits per heavy atom. The fourth-order valence-electron chi connectivity index (χ4n) is 2.58. The van der Waals surface area contributed by atoms with Crippen LogP contribution in [0.3, 0.4) is 0 Å². The summed E-state index contributed by atoms with van der Waals surface area (Å²) in [5.41, 5.74) is 3.42. The number of pyridine rings is 1. The van der Waals surface area contributed by atoms with E-state index in [1.54, 1.807) is 13.3 Å². The number of hydrogen-bond acceptors (Lipinski definition) is 5. The lowest BCUT2D eigenvalue weighted by molar-refractivity contribution is 0.377. The minimum Gasteiger partial charge on any atom is -0.496 e. The van der Waals surface area contributed by atoms with Crippen molar-refractivity contribution < 1.29 is 9.26 Å². The van der Waals surface area contributed by atoms with Crippen molar-refractivity contribution in [2.24, 2.45) is 0 Å². The molecule has 3 aromatic rings. The number of aryl methyl sites for hydroxylation is 1. The van der Waals surface area contributed by atoms with Crippen LogP contribution in [0, 0.1) is 13.8 Å². The van der Waals surface area contributed by atoms with E-state index in [-0.39, 0.29) is 6.54 Å². The number of methoxy groups -OCH3 is 1. The minimum atomic E-state index is -0.510. The molecule has 0 N–H and O–H groups in total. The van der Waals surface area contributed by atoms with Crippen LogP contribution in [0.4, 0.5) is 0 Å². The van der Waals surface area contributed by atoms with Gasteiger partial charge in [-0.3, -0.25) is 14.1 Å². The second-order valence-corrected chi connectivity index (χ2v) is 5.27. The highest BCUT2D eigenvalue weighted by molar-refractivity contribution is 5.54. The Labute approximate surface area is 133 Å². The summed E-state index contributed by atoms with van der Waals surface area (Å²) in [4.78, 5) is 16.5. The summed E-state index contributed by atoms with van der Waals surface area (Å²) < 4.78 is 11.7. The third-order valence-electron chi connectivity index (χ3n) is 3.78. The lowest BCUT2D eigenvalue weighted by Gasteiger charge is -2.12. The van der Waals surface area contributed by atoms with E-state index in [0.717, 1.165) is 28.1 Å². The molecule has 0 bridgehead atoms. The Morgan fingerprint density at radius 3 is 2.65 bits per heavy atom. The van der Waals surface area contributed by atoms with Gasteiger partial charge >= 0.3 is 5.76 Å². The third-order valence-corrected chi connectivity index (χ3v) is 3.78. The zero-order valence-electron chi connectivity index (χ0n) is 13.2. The maximum atomic E-state index is 12.0. The van der Waals surface area contributed by atoms with Gasteiger partial charge in [-0.2, -0.15) is 0 Å². The highest BCUT2D eigenvalue weighted by atomic mass is 16.5. The van der Waals surface area contributed by atoms with Crippen LogP contribution in [0.1, 0.15) is 16.8 Å². The molecule has 0 aliphatic rings. The van der Waals surface area contributed by atoms with Gasteiger partial charge in [0.25, 0.3) is 0 Å². The first-order valence-corrected chi connectivity index (χ1v) is 7.22. The summed E-state index contributed by atoms with van der Waals surface area (Å²) in [7, 11) is 1.63. The molecule has 0 unspecified atom stereocenters. The molecule has 2 heterocycles. The molecule has 0 radical (unpaired) electrons.